The predicted molar refractivity (Wildman–Crippen MR) is 86.6 cm³/mol. The average Bonchev–Trinajstić information content (AvgIpc) is 2.94. The van der Waals surface area contributed by atoms with Crippen LogP contribution >= 0.6 is 0 Å². The molecule has 2 aromatic rings. The number of benzene rings is 2. The Balaban J connectivity index is 1.80. The summed E-state index contributed by atoms with van der Waals surface area (Å²) in [6.07, 6.45) is -0.418. The van der Waals surface area contributed by atoms with E-state index in [1.165, 1.54) is 11.0 Å². The molecule has 0 unspecified atom stereocenters. The molecule has 1 saturated heterocycles. The Kier molecular flexibility index (Phi) is 4.49. The van der Waals surface area contributed by atoms with E-state index in [4.69, 9.17) is 0 Å². The molecule has 1 heterocycles. The Morgan fingerprint density at radius 2 is 1.88 bits per heavy atom. The molecule has 0 aliphatic carbocycles. The quantitative estimate of drug-likeness (QED) is 0.883. The summed E-state index contributed by atoms with van der Waals surface area (Å²) in [5.41, 5.74) is 2.17. The smallest absolute Gasteiger partial charge is 0.322 e. The summed E-state index contributed by atoms with van der Waals surface area (Å²) in [7, 11) is 0. The Morgan fingerprint density at radius 3 is 2.54 bits per heavy atom. The number of aliphatic hydroxyl groups excluding tert-OH is 1. The highest BCUT2D eigenvalue weighted by Crippen LogP contribution is 2.33. The zero-order valence-corrected chi connectivity index (χ0v) is 13.2. The molecule has 126 valence electrons. The number of carbonyl (C=O) groups excluding carboxylic acids is 1. The van der Waals surface area contributed by atoms with Crippen LogP contribution in [0.4, 0.5) is 19.3 Å². The Labute approximate surface area is 138 Å². The molecular formula is C18H18F2N2O2. The van der Waals surface area contributed by atoms with Crippen LogP contribution in [0.15, 0.2) is 42.5 Å². The molecule has 2 amide bonds. The minimum atomic E-state index is -0.965. The highest BCUT2D eigenvalue weighted by atomic mass is 19.2. The lowest BCUT2D eigenvalue weighted by Crippen LogP contribution is -2.35. The van der Waals surface area contributed by atoms with E-state index in [9.17, 15) is 18.7 Å². The van der Waals surface area contributed by atoms with Gasteiger partial charge in [-0.15, -0.1) is 0 Å². The number of aliphatic hydroxyl groups is 1. The van der Waals surface area contributed by atoms with Gasteiger partial charge >= 0.3 is 6.03 Å². The first-order valence-corrected chi connectivity index (χ1v) is 7.71. The number of nitrogens with one attached hydrogen (secondary N) is 1. The van der Waals surface area contributed by atoms with Crippen molar-refractivity contribution >= 4 is 11.7 Å². The maximum absolute atomic E-state index is 13.5. The number of hydrogen-bond donors (Lipinski definition) is 2. The molecule has 4 nitrogen and oxygen atoms in total. The summed E-state index contributed by atoms with van der Waals surface area (Å²) in [5, 5.41) is 12.7. The molecule has 0 aromatic heterocycles. The summed E-state index contributed by atoms with van der Waals surface area (Å²) < 4.78 is 26.6. The lowest BCUT2D eigenvalue weighted by molar-refractivity contribution is 0.175. The number of likely N-dealkylation sites (tertiary alicyclic amines) is 1. The Hall–Kier alpha value is -2.47. The third-order valence-corrected chi connectivity index (χ3v) is 4.17. The predicted octanol–water partition coefficient (Wildman–Crippen LogP) is 3.61. The first-order valence-electron chi connectivity index (χ1n) is 7.71. The zero-order valence-electron chi connectivity index (χ0n) is 13.2. The van der Waals surface area contributed by atoms with E-state index in [-0.39, 0.29) is 19.0 Å². The van der Waals surface area contributed by atoms with Gasteiger partial charge in [0.2, 0.25) is 0 Å². The topological polar surface area (TPSA) is 52.6 Å². The van der Waals surface area contributed by atoms with E-state index >= 15 is 0 Å². The molecule has 1 fully saturated rings. The maximum atomic E-state index is 13.5. The van der Waals surface area contributed by atoms with Crippen LogP contribution in [0.2, 0.25) is 0 Å². The van der Waals surface area contributed by atoms with Crippen molar-refractivity contribution in [3.05, 3.63) is 65.2 Å². The first-order chi connectivity index (χ1) is 11.4. The molecule has 0 saturated carbocycles. The van der Waals surface area contributed by atoms with Gasteiger partial charge in [-0.2, -0.15) is 0 Å². The van der Waals surface area contributed by atoms with E-state index in [1.807, 2.05) is 19.1 Å². The van der Waals surface area contributed by atoms with Gasteiger partial charge in [-0.1, -0.05) is 23.8 Å². The number of amides is 2. The molecule has 2 aromatic carbocycles. The molecule has 0 bridgehead atoms. The second-order valence-corrected chi connectivity index (χ2v) is 6.03. The molecule has 2 atom stereocenters. The highest BCUT2D eigenvalue weighted by molar-refractivity contribution is 5.89. The van der Waals surface area contributed by atoms with Gasteiger partial charge in [0.15, 0.2) is 11.6 Å². The standard InChI is InChI=1S/C18H18F2N2O2/c1-11-2-5-13(6-3-11)21-18(24)22-10-14(23)9-17(22)12-4-7-15(19)16(20)8-12/h2-8,14,17,23H,9-10H2,1H3,(H,21,24)/t14-,17-/m1/s1. The van der Waals surface area contributed by atoms with Crippen LogP contribution in [0.3, 0.4) is 0 Å². The normalized spacial score (nSPS) is 20.2. The largest absolute Gasteiger partial charge is 0.391 e. The van der Waals surface area contributed by atoms with Gasteiger partial charge < -0.3 is 15.3 Å². The number of aryl methyl sites for hydroxylation is 1. The summed E-state index contributed by atoms with van der Waals surface area (Å²) in [4.78, 5) is 14.0. The average molecular weight is 332 g/mol. The van der Waals surface area contributed by atoms with Gasteiger partial charge in [0, 0.05) is 12.2 Å². The summed E-state index contributed by atoms with van der Waals surface area (Å²) in [6, 6.07) is 9.98. The number of halogens is 2. The van der Waals surface area contributed by atoms with Gasteiger partial charge in [0.1, 0.15) is 0 Å². The van der Waals surface area contributed by atoms with Crippen molar-refractivity contribution in [2.24, 2.45) is 0 Å². The number of urea groups is 1. The van der Waals surface area contributed by atoms with E-state index in [0.29, 0.717) is 11.3 Å². The van der Waals surface area contributed by atoms with E-state index < -0.39 is 23.8 Å². The number of hydrogen-bond acceptors (Lipinski definition) is 2. The van der Waals surface area contributed by atoms with Crippen LogP contribution in [0.5, 0.6) is 0 Å². The first kappa shape index (κ1) is 16.4. The second kappa shape index (κ2) is 6.57. The lowest BCUT2D eigenvalue weighted by atomic mass is 10.0. The minimum Gasteiger partial charge on any atom is -0.391 e. The fourth-order valence-electron chi connectivity index (χ4n) is 2.91. The van der Waals surface area contributed by atoms with Gasteiger partial charge in [0.25, 0.3) is 0 Å². The van der Waals surface area contributed by atoms with E-state index in [0.717, 1.165) is 17.7 Å². The van der Waals surface area contributed by atoms with E-state index in [2.05, 4.69) is 5.32 Å². The second-order valence-electron chi connectivity index (χ2n) is 6.03. The molecule has 2 N–H and O–H groups in total. The summed E-state index contributed by atoms with van der Waals surface area (Å²) >= 11 is 0. The number of rotatable bonds is 2. The highest BCUT2D eigenvalue weighted by Gasteiger charge is 2.35. The molecule has 0 radical (unpaired) electrons. The van der Waals surface area contributed by atoms with Crippen molar-refractivity contribution in [3.63, 3.8) is 0 Å². The molecular weight excluding hydrogens is 314 g/mol. The van der Waals surface area contributed by atoms with Gasteiger partial charge in [-0.25, -0.2) is 13.6 Å². The van der Waals surface area contributed by atoms with Crippen LogP contribution < -0.4 is 5.32 Å². The number of anilines is 1. The molecule has 1 aliphatic rings. The van der Waals surface area contributed by atoms with Crippen LogP contribution in [-0.4, -0.2) is 28.7 Å². The van der Waals surface area contributed by atoms with Crippen molar-refractivity contribution in [2.45, 2.75) is 25.5 Å². The van der Waals surface area contributed by atoms with Crippen molar-refractivity contribution in [3.8, 4) is 0 Å². The fourth-order valence-corrected chi connectivity index (χ4v) is 2.91. The third-order valence-electron chi connectivity index (χ3n) is 4.17. The lowest BCUT2D eigenvalue weighted by Gasteiger charge is -2.25. The molecule has 3 rings (SSSR count). The van der Waals surface area contributed by atoms with Crippen LogP contribution in [-0.2, 0) is 0 Å². The Bertz CT molecular complexity index is 749. The van der Waals surface area contributed by atoms with Gasteiger partial charge in [-0.05, 0) is 43.2 Å². The van der Waals surface area contributed by atoms with Gasteiger partial charge in [-0.3, -0.25) is 0 Å². The van der Waals surface area contributed by atoms with Crippen molar-refractivity contribution < 1.29 is 18.7 Å². The summed E-state index contributed by atoms with van der Waals surface area (Å²) in [6.45, 7) is 2.09. The van der Waals surface area contributed by atoms with Crippen molar-refractivity contribution in [2.75, 3.05) is 11.9 Å². The maximum Gasteiger partial charge on any atom is 0.322 e. The summed E-state index contributed by atoms with van der Waals surface area (Å²) in [5.74, 6) is -1.90. The monoisotopic (exact) mass is 332 g/mol. The molecule has 6 heteroatoms. The van der Waals surface area contributed by atoms with Crippen molar-refractivity contribution in [1.29, 1.82) is 0 Å². The van der Waals surface area contributed by atoms with Crippen molar-refractivity contribution in [1.82, 2.24) is 4.90 Å². The molecule has 1 aliphatic heterocycles. The molecule has 24 heavy (non-hydrogen) atoms. The van der Waals surface area contributed by atoms with Gasteiger partial charge in [0.05, 0.1) is 12.1 Å². The van der Waals surface area contributed by atoms with Crippen LogP contribution in [0, 0.1) is 18.6 Å². The zero-order chi connectivity index (χ0) is 17.3. The van der Waals surface area contributed by atoms with Crippen LogP contribution in [0.25, 0.3) is 0 Å². The molecule has 0 spiro atoms. The fraction of sp³-hybridized carbons (Fsp3) is 0.278. The van der Waals surface area contributed by atoms with Crippen LogP contribution in [0.1, 0.15) is 23.6 Å². The SMILES string of the molecule is Cc1ccc(NC(=O)N2C[C@H](O)C[C@@H]2c2ccc(F)c(F)c2)cc1. The third kappa shape index (κ3) is 3.38. The minimum absolute atomic E-state index is 0.140. The number of nitrogens with zero attached hydrogens (tertiary/aromatic N) is 1. The number of β-amino-alcohol motifs (C(OH)–C–C–N with tert-alkyl or cyclic N) is 1. The Morgan fingerprint density at radius 1 is 1.17 bits per heavy atom. The van der Waals surface area contributed by atoms with E-state index in [1.54, 1.807) is 12.1 Å². The number of carbonyl (C=O) groups is 1.